The Balaban J connectivity index is 2.61. The lowest BCUT2D eigenvalue weighted by atomic mass is 10.0. The Hall–Kier alpha value is -1.08. The minimum atomic E-state index is -0.311. The van der Waals surface area contributed by atoms with Crippen molar-refractivity contribution < 1.29 is 5.11 Å². The van der Waals surface area contributed by atoms with Crippen LogP contribution in [0.25, 0.3) is 6.08 Å². The van der Waals surface area contributed by atoms with Gasteiger partial charge in [-0.15, -0.1) is 0 Å². The van der Waals surface area contributed by atoms with Crippen molar-refractivity contribution in [3.63, 3.8) is 0 Å². The zero-order chi connectivity index (χ0) is 10.4. The standard InChI is InChI=1S/C13H18O/c1-3-5-6-13(14)12-9-7-11(4-2)8-10-12/h4,7-10,13-14H,2-3,5-6H2,1H3/t13-/m1/s1. The van der Waals surface area contributed by atoms with Crippen LogP contribution in [0.5, 0.6) is 0 Å². The lowest BCUT2D eigenvalue weighted by Gasteiger charge is -2.10. The van der Waals surface area contributed by atoms with E-state index < -0.39 is 0 Å². The molecule has 0 amide bonds. The van der Waals surface area contributed by atoms with E-state index in [0.29, 0.717) is 0 Å². The summed E-state index contributed by atoms with van der Waals surface area (Å²) in [7, 11) is 0. The Bertz CT molecular complexity index is 274. The minimum absolute atomic E-state index is 0.311. The second kappa shape index (κ2) is 5.61. The molecule has 0 aliphatic carbocycles. The average molecular weight is 190 g/mol. The summed E-state index contributed by atoms with van der Waals surface area (Å²) >= 11 is 0. The van der Waals surface area contributed by atoms with Crippen LogP contribution in [0.1, 0.15) is 43.4 Å². The molecule has 1 heteroatoms. The molecule has 0 radical (unpaired) electrons. The molecule has 0 aliphatic rings. The van der Waals surface area contributed by atoms with E-state index in [0.717, 1.165) is 30.4 Å². The molecule has 76 valence electrons. The van der Waals surface area contributed by atoms with Gasteiger partial charge in [-0.3, -0.25) is 0 Å². The van der Waals surface area contributed by atoms with Gasteiger partial charge in [-0.1, -0.05) is 56.7 Å². The SMILES string of the molecule is C=Cc1ccc([C@H](O)CCCC)cc1. The van der Waals surface area contributed by atoms with E-state index in [1.807, 2.05) is 30.3 Å². The quantitative estimate of drug-likeness (QED) is 0.752. The van der Waals surface area contributed by atoms with Crippen LogP contribution in [-0.4, -0.2) is 5.11 Å². The third kappa shape index (κ3) is 3.00. The number of rotatable bonds is 5. The summed E-state index contributed by atoms with van der Waals surface area (Å²) < 4.78 is 0. The van der Waals surface area contributed by atoms with Crippen molar-refractivity contribution in [2.45, 2.75) is 32.3 Å². The Morgan fingerprint density at radius 2 is 2.00 bits per heavy atom. The van der Waals surface area contributed by atoms with Gasteiger partial charge in [0.2, 0.25) is 0 Å². The summed E-state index contributed by atoms with van der Waals surface area (Å²) in [5.41, 5.74) is 2.10. The first kappa shape index (κ1) is 11.0. The predicted molar refractivity (Wildman–Crippen MR) is 61.0 cm³/mol. The highest BCUT2D eigenvalue weighted by molar-refractivity contribution is 5.47. The number of unbranched alkanes of at least 4 members (excludes halogenated alkanes) is 1. The first-order valence-electron chi connectivity index (χ1n) is 5.18. The second-order valence-corrected chi connectivity index (χ2v) is 3.53. The van der Waals surface area contributed by atoms with Gasteiger partial charge in [0.25, 0.3) is 0 Å². The molecule has 1 rings (SSSR count). The molecule has 0 spiro atoms. The van der Waals surface area contributed by atoms with Crippen molar-refractivity contribution in [3.8, 4) is 0 Å². The Labute approximate surface area is 86.1 Å². The van der Waals surface area contributed by atoms with Crippen LogP contribution in [0.2, 0.25) is 0 Å². The maximum atomic E-state index is 9.79. The van der Waals surface area contributed by atoms with Crippen molar-refractivity contribution in [1.29, 1.82) is 0 Å². The number of aliphatic hydroxyl groups excluding tert-OH is 1. The predicted octanol–water partition coefficient (Wildman–Crippen LogP) is 3.55. The zero-order valence-electron chi connectivity index (χ0n) is 8.74. The van der Waals surface area contributed by atoms with E-state index in [4.69, 9.17) is 0 Å². The number of hydrogen-bond donors (Lipinski definition) is 1. The maximum Gasteiger partial charge on any atom is 0.0790 e. The molecule has 0 bridgehead atoms. The van der Waals surface area contributed by atoms with Gasteiger partial charge in [-0.2, -0.15) is 0 Å². The smallest absolute Gasteiger partial charge is 0.0790 e. The fourth-order valence-electron chi connectivity index (χ4n) is 1.42. The van der Waals surface area contributed by atoms with E-state index in [1.165, 1.54) is 0 Å². The fraction of sp³-hybridized carbons (Fsp3) is 0.385. The monoisotopic (exact) mass is 190 g/mol. The zero-order valence-corrected chi connectivity index (χ0v) is 8.74. The summed E-state index contributed by atoms with van der Waals surface area (Å²) in [5.74, 6) is 0. The van der Waals surface area contributed by atoms with Crippen molar-refractivity contribution in [2.24, 2.45) is 0 Å². The number of aliphatic hydroxyl groups is 1. The van der Waals surface area contributed by atoms with Crippen molar-refractivity contribution in [3.05, 3.63) is 42.0 Å². The molecule has 0 aliphatic heterocycles. The molecule has 0 aromatic heterocycles. The Morgan fingerprint density at radius 1 is 1.36 bits per heavy atom. The molecule has 1 aromatic rings. The van der Waals surface area contributed by atoms with Crippen LogP contribution in [0.3, 0.4) is 0 Å². The van der Waals surface area contributed by atoms with Crippen LogP contribution in [-0.2, 0) is 0 Å². The van der Waals surface area contributed by atoms with Crippen LogP contribution >= 0.6 is 0 Å². The summed E-state index contributed by atoms with van der Waals surface area (Å²) in [6.45, 7) is 5.83. The van der Waals surface area contributed by atoms with E-state index in [1.54, 1.807) is 0 Å². The average Bonchev–Trinajstić information content (AvgIpc) is 2.26. The molecule has 0 unspecified atom stereocenters. The van der Waals surface area contributed by atoms with Gasteiger partial charge < -0.3 is 5.11 Å². The first-order chi connectivity index (χ1) is 6.77. The Morgan fingerprint density at radius 3 is 2.50 bits per heavy atom. The highest BCUT2D eigenvalue weighted by atomic mass is 16.3. The molecule has 1 N–H and O–H groups in total. The molecule has 0 heterocycles. The summed E-state index contributed by atoms with van der Waals surface area (Å²) in [5, 5.41) is 9.79. The van der Waals surface area contributed by atoms with Gasteiger partial charge >= 0.3 is 0 Å². The Kier molecular flexibility index (Phi) is 4.41. The van der Waals surface area contributed by atoms with Crippen LogP contribution in [0.15, 0.2) is 30.8 Å². The van der Waals surface area contributed by atoms with Gasteiger partial charge in [0.05, 0.1) is 6.10 Å². The van der Waals surface area contributed by atoms with Crippen molar-refractivity contribution in [1.82, 2.24) is 0 Å². The molecular weight excluding hydrogens is 172 g/mol. The molecular formula is C13H18O. The summed E-state index contributed by atoms with van der Waals surface area (Å²) in [6, 6.07) is 7.91. The molecule has 0 saturated heterocycles. The molecule has 1 atom stereocenters. The van der Waals surface area contributed by atoms with Gasteiger partial charge in [0.15, 0.2) is 0 Å². The molecule has 0 fully saturated rings. The van der Waals surface area contributed by atoms with E-state index >= 15 is 0 Å². The highest BCUT2D eigenvalue weighted by Crippen LogP contribution is 2.19. The number of benzene rings is 1. The largest absolute Gasteiger partial charge is 0.388 e. The molecule has 0 saturated carbocycles. The van der Waals surface area contributed by atoms with Crippen LogP contribution in [0, 0.1) is 0 Å². The maximum absolute atomic E-state index is 9.79. The van der Waals surface area contributed by atoms with Gasteiger partial charge in [-0.25, -0.2) is 0 Å². The summed E-state index contributed by atoms with van der Waals surface area (Å²) in [6.07, 6.45) is 4.55. The fourth-order valence-corrected chi connectivity index (χ4v) is 1.42. The van der Waals surface area contributed by atoms with Crippen LogP contribution < -0.4 is 0 Å². The molecule has 1 aromatic carbocycles. The van der Waals surface area contributed by atoms with Crippen LogP contribution in [0.4, 0.5) is 0 Å². The van der Waals surface area contributed by atoms with Gasteiger partial charge in [0.1, 0.15) is 0 Å². The van der Waals surface area contributed by atoms with E-state index in [2.05, 4.69) is 13.5 Å². The number of hydrogen-bond acceptors (Lipinski definition) is 1. The summed E-state index contributed by atoms with van der Waals surface area (Å²) in [4.78, 5) is 0. The molecule has 1 nitrogen and oxygen atoms in total. The van der Waals surface area contributed by atoms with Crippen molar-refractivity contribution in [2.75, 3.05) is 0 Å². The van der Waals surface area contributed by atoms with Gasteiger partial charge in [0, 0.05) is 0 Å². The lowest BCUT2D eigenvalue weighted by molar-refractivity contribution is 0.164. The topological polar surface area (TPSA) is 20.2 Å². The normalized spacial score (nSPS) is 12.4. The van der Waals surface area contributed by atoms with Gasteiger partial charge in [-0.05, 0) is 17.5 Å². The van der Waals surface area contributed by atoms with E-state index in [-0.39, 0.29) is 6.10 Å². The third-order valence-electron chi connectivity index (χ3n) is 2.39. The highest BCUT2D eigenvalue weighted by Gasteiger charge is 2.05. The minimum Gasteiger partial charge on any atom is -0.388 e. The first-order valence-corrected chi connectivity index (χ1v) is 5.18. The lowest BCUT2D eigenvalue weighted by Crippen LogP contribution is -1.96. The molecule has 14 heavy (non-hydrogen) atoms. The second-order valence-electron chi connectivity index (χ2n) is 3.53. The van der Waals surface area contributed by atoms with Crippen molar-refractivity contribution >= 4 is 6.08 Å². The van der Waals surface area contributed by atoms with E-state index in [9.17, 15) is 5.11 Å². The third-order valence-corrected chi connectivity index (χ3v) is 2.39.